The molecule has 1 fully saturated rings. The highest BCUT2D eigenvalue weighted by Crippen LogP contribution is 2.30. The van der Waals surface area contributed by atoms with Crippen LogP contribution in [0.3, 0.4) is 0 Å². The Labute approximate surface area is 173 Å². The van der Waals surface area contributed by atoms with E-state index in [1.54, 1.807) is 4.90 Å². The lowest BCUT2D eigenvalue weighted by molar-refractivity contribution is -0.384. The molecular weight excluding hydrogens is 388 g/mol. The minimum atomic E-state index is -1.40. The maximum Gasteiger partial charge on any atom is 0.325 e. The zero-order valence-corrected chi connectivity index (χ0v) is 16.7. The molecule has 1 unspecified atom stereocenters. The van der Waals surface area contributed by atoms with E-state index in [-0.39, 0.29) is 18.1 Å². The molecule has 156 valence electrons. The van der Waals surface area contributed by atoms with Crippen molar-refractivity contribution in [1.29, 1.82) is 0 Å². The zero-order chi connectivity index (χ0) is 21.9. The third-order valence-electron chi connectivity index (χ3n) is 5.17. The molecule has 30 heavy (non-hydrogen) atoms. The van der Waals surface area contributed by atoms with Gasteiger partial charge in [-0.3, -0.25) is 24.6 Å². The number of rotatable bonds is 7. The van der Waals surface area contributed by atoms with Gasteiger partial charge in [-0.1, -0.05) is 30.3 Å². The molecule has 4 amide bonds. The Balaban J connectivity index is 1.75. The molecule has 1 N–H and O–H groups in total. The predicted molar refractivity (Wildman–Crippen MR) is 108 cm³/mol. The first kappa shape index (κ1) is 21.0. The van der Waals surface area contributed by atoms with Crippen molar-refractivity contribution in [2.75, 3.05) is 13.1 Å². The quantitative estimate of drug-likeness (QED) is 0.428. The summed E-state index contributed by atoms with van der Waals surface area (Å²) in [4.78, 5) is 51.0. The number of imide groups is 1. The van der Waals surface area contributed by atoms with E-state index in [0.29, 0.717) is 18.7 Å². The van der Waals surface area contributed by atoms with Crippen LogP contribution in [0.15, 0.2) is 54.6 Å². The lowest BCUT2D eigenvalue weighted by atomic mass is 9.92. The molecular formula is C21H22N4O5. The normalized spacial score (nSPS) is 18.3. The molecule has 0 saturated carbocycles. The summed E-state index contributed by atoms with van der Waals surface area (Å²) < 4.78 is 0. The number of urea groups is 1. The first-order valence-electron chi connectivity index (χ1n) is 9.47. The van der Waals surface area contributed by atoms with Crippen molar-refractivity contribution >= 4 is 23.5 Å². The number of nitrogens with one attached hydrogen (secondary N) is 1. The summed E-state index contributed by atoms with van der Waals surface area (Å²) in [7, 11) is 0. The molecule has 0 spiro atoms. The summed E-state index contributed by atoms with van der Waals surface area (Å²) in [5.41, 5.74) is -0.174. The molecule has 0 aromatic heterocycles. The van der Waals surface area contributed by atoms with E-state index in [2.05, 4.69) is 5.32 Å². The van der Waals surface area contributed by atoms with Crippen LogP contribution in [0.25, 0.3) is 0 Å². The number of carbonyl (C=O) groups is 3. The Morgan fingerprint density at radius 3 is 2.33 bits per heavy atom. The number of non-ortho nitro benzene ring substituents is 1. The Hall–Kier alpha value is -3.75. The molecule has 0 bridgehead atoms. The van der Waals surface area contributed by atoms with Gasteiger partial charge in [-0.2, -0.15) is 0 Å². The SMILES string of the molecule is CCN(Cc1ccccc1)C(=O)CN1C(=O)NC(C)(c2ccc([N+](=O)[O-])cc2)C1=O. The summed E-state index contributed by atoms with van der Waals surface area (Å²) in [6.45, 7) is 3.76. The Kier molecular flexibility index (Phi) is 5.81. The van der Waals surface area contributed by atoms with Crippen molar-refractivity contribution < 1.29 is 19.3 Å². The van der Waals surface area contributed by atoms with Gasteiger partial charge in [0.15, 0.2) is 0 Å². The van der Waals surface area contributed by atoms with E-state index in [1.165, 1.54) is 31.2 Å². The number of nitro benzene ring substituents is 1. The van der Waals surface area contributed by atoms with E-state index >= 15 is 0 Å². The van der Waals surface area contributed by atoms with Crippen LogP contribution in [0.2, 0.25) is 0 Å². The summed E-state index contributed by atoms with van der Waals surface area (Å²) in [6, 6.07) is 14.1. The second-order valence-electron chi connectivity index (χ2n) is 7.14. The van der Waals surface area contributed by atoms with Gasteiger partial charge in [0.1, 0.15) is 12.1 Å². The average molecular weight is 410 g/mol. The van der Waals surface area contributed by atoms with Gasteiger partial charge in [-0.05, 0) is 37.1 Å². The molecule has 2 aromatic rings. The number of hydrogen-bond acceptors (Lipinski definition) is 5. The minimum absolute atomic E-state index is 0.120. The fourth-order valence-electron chi connectivity index (χ4n) is 3.37. The van der Waals surface area contributed by atoms with Gasteiger partial charge in [-0.15, -0.1) is 0 Å². The van der Waals surface area contributed by atoms with Crippen LogP contribution in [0.4, 0.5) is 10.5 Å². The molecule has 1 aliphatic rings. The fraction of sp³-hybridized carbons (Fsp3) is 0.286. The molecule has 0 aliphatic carbocycles. The van der Waals surface area contributed by atoms with Crippen molar-refractivity contribution in [3.05, 3.63) is 75.8 Å². The standard InChI is InChI=1S/C21H22N4O5/c1-3-23(13-15-7-5-4-6-8-15)18(26)14-24-19(27)21(2,22-20(24)28)16-9-11-17(12-10-16)25(29)30/h4-12H,3,13-14H2,1-2H3,(H,22,28). The van der Waals surface area contributed by atoms with E-state index in [0.717, 1.165) is 10.5 Å². The summed E-state index contributed by atoms with van der Waals surface area (Å²) >= 11 is 0. The number of benzene rings is 2. The maximum atomic E-state index is 13.0. The van der Waals surface area contributed by atoms with Crippen LogP contribution in [0.1, 0.15) is 25.0 Å². The lowest BCUT2D eigenvalue weighted by Crippen LogP contribution is -2.44. The molecule has 9 nitrogen and oxygen atoms in total. The smallest absolute Gasteiger partial charge is 0.325 e. The van der Waals surface area contributed by atoms with Crippen LogP contribution >= 0.6 is 0 Å². The van der Waals surface area contributed by atoms with Gasteiger partial charge in [0.25, 0.3) is 11.6 Å². The molecule has 3 rings (SSSR count). The van der Waals surface area contributed by atoms with Gasteiger partial charge in [0, 0.05) is 25.2 Å². The fourth-order valence-corrected chi connectivity index (χ4v) is 3.37. The third kappa shape index (κ3) is 4.00. The Morgan fingerprint density at radius 1 is 1.13 bits per heavy atom. The highest BCUT2D eigenvalue weighted by molar-refractivity contribution is 6.09. The maximum absolute atomic E-state index is 13.0. The molecule has 1 aliphatic heterocycles. The first-order valence-corrected chi connectivity index (χ1v) is 9.47. The number of likely N-dealkylation sites (N-methyl/N-ethyl adjacent to an activating group) is 1. The second-order valence-corrected chi connectivity index (χ2v) is 7.14. The highest BCUT2D eigenvalue weighted by Gasteiger charge is 2.49. The molecule has 2 aromatic carbocycles. The van der Waals surface area contributed by atoms with Crippen molar-refractivity contribution in [3.8, 4) is 0 Å². The second kappa shape index (κ2) is 8.32. The van der Waals surface area contributed by atoms with E-state index < -0.39 is 22.4 Å². The first-order chi connectivity index (χ1) is 14.3. The van der Waals surface area contributed by atoms with Gasteiger partial charge in [0.2, 0.25) is 5.91 Å². The number of hydrogen-bond donors (Lipinski definition) is 1. The van der Waals surface area contributed by atoms with Gasteiger partial charge in [0.05, 0.1) is 4.92 Å². The summed E-state index contributed by atoms with van der Waals surface area (Å²) in [5.74, 6) is -0.928. The summed E-state index contributed by atoms with van der Waals surface area (Å²) in [5, 5.41) is 13.4. The van der Waals surface area contributed by atoms with Crippen LogP contribution in [-0.4, -0.2) is 45.7 Å². The van der Waals surface area contributed by atoms with Crippen LogP contribution in [-0.2, 0) is 21.7 Å². The van der Waals surface area contributed by atoms with Crippen molar-refractivity contribution in [1.82, 2.24) is 15.1 Å². The lowest BCUT2D eigenvalue weighted by Gasteiger charge is -2.24. The average Bonchev–Trinajstić information content (AvgIpc) is 2.96. The van der Waals surface area contributed by atoms with Gasteiger partial charge in [-0.25, -0.2) is 4.79 Å². The molecule has 1 saturated heterocycles. The zero-order valence-electron chi connectivity index (χ0n) is 16.7. The summed E-state index contributed by atoms with van der Waals surface area (Å²) in [6.07, 6.45) is 0. The Morgan fingerprint density at radius 2 is 1.77 bits per heavy atom. The topological polar surface area (TPSA) is 113 Å². The minimum Gasteiger partial charge on any atom is -0.337 e. The number of nitrogens with zero attached hydrogens (tertiary/aromatic N) is 3. The predicted octanol–water partition coefficient (Wildman–Crippen LogP) is 2.41. The van der Waals surface area contributed by atoms with Crippen LogP contribution in [0.5, 0.6) is 0 Å². The monoisotopic (exact) mass is 410 g/mol. The van der Waals surface area contributed by atoms with Crippen LogP contribution in [0, 0.1) is 10.1 Å². The van der Waals surface area contributed by atoms with Gasteiger partial charge >= 0.3 is 6.03 Å². The van der Waals surface area contributed by atoms with E-state index in [1.807, 2.05) is 37.3 Å². The van der Waals surface area contributed by atoms with Crippen molar-refractivity contribution in [2.24, 2.45) is 0 Å². The van der Waals surface area contributed by atoms with Crippen molar-refractivity contribution in [3.63, 3.8) is 0 Å². The van der Waals surface area contributed by atoms with Crippen LogP contribution < -0.4 is 5.32 Å². The van der Waals surface area contributed by atoms with Gasteiger partial charge < -0.3 is 10.2 Å². The van der Waals surface area contributed by atoms with E-state index in [9.17, 15) is 24.5 Å². The Bertz CT molecular complexity index is 977. The number of nitro groups is 1. The highest BCUT2D eigenvalue weighted by atomic mass is 16.6. The molecule has 9 heteroatoms. The largest absolute Gasteiger partial charge is 0.337 e. The number of amides is 4. The molecule has 1 heterocycles. The third-order valence-corrected chi connectivity index (χ3v) is 5.17. The number of carbonyl (C=O) groups excluding carboxylic acids is 3. The molecule has 1 atom stereocenters. The van der Waals surface area contributed by atoms with Crippen molar-refractivity contribution in [2.45, 2.75) is 25.9 Å². The molecule has 0 radical (unpaired) electrons. The van der Waals surface area contributed by atoms with E-state index in [4.69, 9.17) is 0 Å².